The summed E-state index contributed by atoms with van der Waals surface area (Å²) in [5, 5.41) is 0.383. The molecule has 0 aliphatic carbocycles. The fourth-order valence-corrected chi connectivity index (χ4v) is 3.83. The van der Waals surface area contributed by atoms with Gasteiger partial charge in [-0.3, -0.25) is 0 Å². The topological polar surface area (TPSA) is 37.9 Å². The van der Waals surface area contributed by atoms with Gasteiger partial charge in [-0.15, -0.1) is 12.4 Å². The van der Waals surface area contributed by atoms with E-state index in [9.17, 15) is 13.2 Å². The van der Waals surface area contributed by atoms with E-state index in [2.05, 4.69) is 42.9 Å². The number of fused-ring (bicyclic) bond motifs is 1. The zero-order chi connectivity index (χ0) is 23.8. The highest BCUT2D eigenvalue weighted by molar-refractivity contribution is 6.32. The fourth-order valence-electron chi connectivity index (χ4n) is 3.66. The van der Waals surface area contributed by atoms with Crippen molar-refractivity contribution in [3.8, 4) is 17.1 Å². The Balaban J connectivity index is 0.00000324. The zero-order valence-electron chi connectivity index (χ0n) is 19.0. The molecule has 4 aromatic rings. The Hall–Kier alpha value is -2.70. The largest absolute Gasteiger partial charge is 0.492 e. The second-order valence-electron chi connectivity index (χ2n) is 8.97. The number of nitrogens with zero attached hydrogens (tertiary/aromatic N) is 1. The SMILES string of the molecule is CC(C)(C)c1ccc2nc(-c3ccc(Cl)c(OCCc4ccccc4C(F)(F)F)c3)[nH]c2c1.Cl. The van der Waals surface area contributed by atoms with E-state index >= 15 is 0 Å². The second kappa shape index (κ2) is 9.88. The molecule has 180 valence electrons. The average molecular weight is 509 g/mol. The van der Waals surface area contributed by atoms with Gasteiger partial charge in [0.1, 0.15) is 11.6 Å². The van der Waals surface area contributed by atoms with Crippen LogP contribution >= 0.6 is 24.0 Å². The summed E-state index contributed by atoms with van der Waals surface area (Å²) < 4.78 is 45.4. The lowest BCUT2D eigenvalue weighted by molar-refractivity contribution is -0.138. The lowest BCUT2D eigenvalue weighted by atomic mass is 9.87. The highest BCUT2D eigenvalue weighted by Crippen LogP contribution is 2.34. The van der Waals surface area contributed by atoms with Gasteiger partial charge in [-0.1, -0.05) is 56.6 Å². The minimum atomic E-state index is -4.40. The predicted molar refractivity (Wildman–Crippen MR) is 133 cm³/mol. The highest BCUT2D eigenvalue weighted by atomic mass is 35.5. The van der Waals surface area contributed by atoms with Gasteiger partial charge in [0.25, 0.3) is 0 Å². The number of hydrogen-bond acceptors (Lipinski definition) is 2. The molecule has 8 heteroatoms. The molecule has 0 fully saturated rings. The zero-order valence-corrected chi connectivity index (χ0v) is 20.5. The number of halogens is 5. The molecule has 1 N–H and O–H groups in total. The Morgan fingerprint density at radius 1 is 0.971 bits per heavy atom. The first-order valence-electron chi connectivity index (χ1n) is 10.6. The maximum absolute atomic E-state index is 13.2. The molecule has 3 aromatic carbocycles. The molecule has 0 saturated heterocycles. The molecule has 3 nitrogen and oxygen atoms in total. The summed E-state index contributed by atoms with van der Waals surface area (Å²) in [6.45, 7) is 6.52. The molecule has 0 aliphatic heterocycles. The Morgan fingerprint density at radius 2 is 1.71 bits per heavy atom. The van der Waals surface area contributed by atoms with Crippen molar-refractivity contribution in [2.24, 2.45) is 0 Å². The lowest BCUT2D eigenvalue weighted by Gasteiger charge is -2.18. The smallest absolute Gasteiger partial charge is 0.416 e. The number of aromatic amines is 1. The van der Waals surface area contributed by atoms with Gasteiger partial charge in [-0.05, 0) is 52.9 Å². The Labute approximate surface area is 207 Å². The molecular formula is C26H25Cl2F3N2O. The highest BCUT2D eigenvalue weighted by Gasteiger charge is 2.32. The maximum atomic E-state index is 13.2. The molecule has 0 bridgehead atoms. The Bertz CT molecular complexity index is 1290. The number of aromatic nitrogens is 2. The van der Waals surface area contributed by atoms with Crippen LogP contribution in [-0.4, -0.2) is 16.6 Å². The van der Waals surface area contributed by atoms with Crippen molar-refractivity contribution >= 4 is 35.0 Å². The van der Waals surface area contributed by atoms with Crippen LogP contribution in [0.3, 0.4) is 0 Å². The summed E-state index contributed by atoms with van der Waals surface area (Å²) in [5.74, 6) is 1.06. The fraction of sp³-hybridized carbons (Fsp3) is 0.269. The summed E-state index contributed by atoms with van der Waals surface area (Å²) in [4.78, 5) is 8.01. The number of H-pyrrole nitrogens is 1. The van der Waals surface area contributed by atoms with Gasteiger partial charge in [-0.25, -0.2) is 4.98 Å². The van der Waals surface area contributed by atoms with Gasteiger partial charge >= 0.3 is 6.18 Å². The third-order valence-electron chi connectivity index (χ3n) is 5.50. The van der Waals surface area contributed by atoms with E-state index < -0.39 is 11.7 Å². The number of benzene rings is 3. The quantitative estimate of drug-likeness (QED) is 0.294. The van der Waals surface area contributed by atoms with Crippen LogP contribution in [0.1, 0.15) is 37.5 Å². The third-order valence-corrected chi connectivity index (χ3v) is 5.82. The molecule has 0 saturated carbocycles. The van der Waals surface area contributed by atoms with Crippen LogP contribution < -0.4 is 4.74 Å². The van der Waals surface area contributed by atoms with Crippen molar-refractivity contribution in [2.75, 3.05) is 6.61 Å². The van der Waals surface area contributed by atoms with Crippen molar-refractivity contribution in [1.82, 2.24) is 9.97 Å². The number of rotatable bonds is 5. The maximum Gasteiger partial charge on any atom is 0.416 e. The predicted octanol–water partition coefficient (Wildman–Crippen LogP) is 8.24. The molecule has 0 unspecified atom stereocenters. The molecule has 0 amide bonds. The minimum absolute atomic E-state index is 0. The van der Waals surface area contributed by atoms with Crippen LogP contribution in [0.5, 0.6) is 5.75 Å². The first kappa shape index (κ1) is 25.9. The van der Waals surface area contributed by atoms with Gasteiger partial charge in [0.15, 0.2) is 0 Å². The van der Waals surface area contributed by atoms with Crippen molar-refractivity contribution in [3.63, 3.8) is 0 Å². The number of hydrogen-bond donors (Lipinski definition) is 1. The molecule has 1 heterocycles. The van der Waals surface area contributed by atoms with Crippen LogP contribution in [-0.2, 0) is 18.0 Å². The van der Waals surface area contributed by atoms with E-state index in [1.54, 1.807) is 18.2 Å². The van der Waals surface area contributed by atoms with E-state index in [1.165, 1.54) is 17.7 Å². The van der Waals surface area contributed by atoms with Gasteiger partial charge in [0.2, 0.25) is 0 Å². The Kier molecular flexibility index (Phi) is 7.53. The van der Waals surface area contributed by atoms with E-state index in [4.69, 9.17) is 16.3 Å². The second-order valence-corrected chi connectivity index (χ2v) is 9.37. The van der Waals surface area contributed by atoms with Crippen LogP contribution in [0.15, 0.2) is 60.7 Å². The van der Waals surface area contributed by atoms with E-state index in [-0.39, 0.29) is 36.4 Å². The first-order chi connectivity index (χ1) is 15.5. The van der Waals surface area contributed by atoms with E-state index in [0.717, 1.165) is 22.7 Å². The van der Waals surface area contributed by atoms with Gasteiger partial charge in [0.05, 0.1) is 28.2 Å². The third kappa shape index (κ3) is 5.68. The number of imidazole rings is 1. The first-order valence-corrected chi connectivity index (χ1v) is 11.0. The van der Waals surface area contributed by atoms with Crippen molar-refractivity contribution in [3.05, 3.63) is 82.4 Å². The van der Waals surface area contributed by atoms with Gasteiger partial charge in [-0.2, -0.15) is 13.2 Å². The van der Waals surface area contributed by atoms with E-state index in [0.29, 0.717) is 16.6 Å². The molecule has 0 spiro atoms. The minimum Gasteiger partial charge on any atom is -0.492 e. The number of ether oxygens (including phenoxy) is 1. The lowest BCUT2D eigenvalue weighted by Crippen LogP contribution is -2.11. The summed E-state index contributed by atoms with van der Waals surface area (Å²) >= 11 is 6.28. The van der Waals surface area contributed by atoms with Gasteiger partial charge in [0, 0.05) is 12.0 Å². The molecule has 4 rings (SSSR count). The molecule has 0 radical (unpaired) electrons. The molecule has 0 aliphatic rings. The molecule has 1 aromatic heterocycles. The normalized spacial score (nSPS) is 12.0. The van der Waals surface area contributed by atoms with Gasteiger partial charge < -0.3 is 9.72 Å². The van der Waals surface area contributed by atoms with Crippen LogP contribution in [0.25, 0.3) is 22.4 Å². The number of nitrogens with one attached hydrogen (secondary N) is 1. The molecular weight excluding hydrogens is 484 g/mol. The van der Waals surface area contributed by atoms with Crippen LogP contribution in [0, 0.1) is 0 Å². The monoisotopic (exact) mass is 508 g/mol. The van der Waals surface area contributed by atoms with Crippen LogP contribution in [0.4, 0.5) is 13.2 Å². The summed E-state index contributed by atoms with van der Waals surface area (Å²) in [6, 6.07) is 16.9. The summed E-state index contributed by atoms with van der Waals surface area (Å²) in [5.41, 5.74) is 3.31. The molecule has 0 atom stereocenters. The van der Waals surface area contributed by atoms with E-state index in [1.807, 2.05) is 12.1 Å². The summed E-state index contributed by atoms with van der Waals surface area (Å²) in [7, 11) is 0. The average Bonchev–Trinajstić information content (AvgIpc) is 3.17. The van der Waals surface area contributed by atoms with Crippen molar-refractivity contribution in [1.29, 1.82) is 0 Å². The standard InChI is InChI=1S/C26H24ClF3N2O.ClH/c1-25(2,3)18-9-11-21-22(15-18)32-24(31-21)17-8-10-20(27)23(14-17)33-13-12-16-6-4-5-7-19(16)26(28,29)30;/h4-11,14-15H,12-13H2,1-3H3,(H,31,32);1H. The van der Waals surface area contributed by atoms with Crippen molar-refractivity contribution < 1.29 is 17.9 Å². The Morgan fingerprint density at radius 3 is 2.41 bits per heavy atom. The summed E-state index contributed by atoms with van der Waals surface area (Å²) in [6.07, 6.45) is -4.29. The number of alkyl halides is 3. The van der Waals surface area contributed by atoms with Crippen molar-refractivity contribution in [2.45, 2.75) is 38.8 Å². The van der Waals surface area contributed by atoms with Crippen LogP contribution in [0.2, 0.25) is 5.02 Å². The molecule has 34 heavy (non-hydrogen) atoms.